The number of carbonyl (C=O) groups is 1. The van der Waals surface area contributed by atoms with Crippen molar-refractivity contribution in [3.63, 3.8) is 0 Å². The number of nitrogens with one attached hydrogen (secondary N) is 1. The van der Waals surface area contributed by atoms with Gasteiger partial charge in [-0.05, 0) is 80.3 Å². The summed E-state index contributed by atoms with van der Waals surface area (Å²) in [7, 11) is 0. The number of halogens is 1. The van der Waals surface area contributed by atoms with Gasteiger partial charge in [-0.3, -0.25) is 4.79 Å². The number of piperidine rings is 2. The molecular weight excluding hydrogens is 365 g/mol. The molecule has 29 heavy (non-hydrogen) atoms. The van der Waals surface area contributed by atoms with E-state index in [1.807, 2.05) is 6.07 Å². The number of likely N-dealkylation sites (tertiary alicyclic amines) is 2. The highest BCUT2D eigenvalue weighted by atomic mass is 19.1. The number of rotatable bonds is 5. The van der Waals surface area contributed by atoms with E-state index in [4.69, 9.17) is 0 Å². The van der Waals surface area contributed by atoms with Gasteiger partial charge in [0.1, 0.15) is 5.82 Å². The molecular formula is C24H34FN3O. The SMILES string of the molecule is CC(C)CC(=O)N1CCC(CN2CCC(c3c[nH]c4cc(F)ccc34)CC2)CC1. The lowest BCUT2D eigenvalue weighted by atomic mass is 9.88. The van der Waals surface area contributed by atoms with Crippen LogP contribution in [0.1, 0.15) is 57.4 Å². The van der Waals surface area contributed by atoms with Crippen molar-refractivity contribution in [3.8, 4) is 0 Å². The van der Waals surface area contributed by atoms with E-state index < -0.39 is 0 Å². The summed E-state index contributed by atoms with van der Waals surface area (Å²) in [6.45, 7) is 9.51. The minimum Gasteiger partial charge on any atom is -0.361 e. The summed E-state index contributed by atoms with van der Waals surface area (Å²) < 4.78 is 13.4. The highest BCUT2D eigenvalue weighted by Gasteiger charge is 2.27. The first kappa shape index (κ1) is 20.4. The summed E-state index contributed by atoms with van der Waals surface area (Å²) in [6.07, 6.45) is 7.36. The summed E-state index contributed by atoms with van der Waals surface area (Å²) in [6, 6.07) is 5.07. The van der Waals surface area contributed by atoms with E-state index in [0.717, 1.165) is 63.9 Å². The fourth-order valence-electron chi connectivity index (χ4n) is 5.09. The van der Waals surface area contributed by atoms with Gasteiger partial charge < -0.3 is 14.8 Å². The van der Waals surface area contributed by atoms with Crippen molar-refractivity contribution < 1.29 is 9.18 Å². The zero-order chi connectivity index (χ0) is 20.4. The summed E-state index contributed by atoms with van der Waals surface area (Å²) in [4.78, 5) is 20.2. The number of aromatic amines is 1. The monoisotopic (exact) mass is 399 g/mol. The number of carbonyl (C=O) groups excluding carboxylic acids is 1. The molecule has 1 N–H and O–H groups in total. The maximum Gasteiger partial charge on any atom is 0.222 e. The number of benzene rings is 1. The van der Waals surface area contributed by atoms with Gasteiger partial charge in [0.2, 0.25) is 5.91 Å². The third-order valence-corrected chi connectivity index (χ3v) is 6.77. The number of aromatic nitrogens is 1. The van der Waals surface area contributed by atoms with Crippen LogP contribution in [-0.2, 0) is 4.79 Å². The Morgan fingerprint density at radius 3 is 2.55 bits per heavy atom. The normalized spacial score (nSPS) is 20.1. The van der Waals surface area contributed by atoms with Crippen LogP contribution in [-0.4, -0.2) is 53.4 Å². The fraction of sp³-hybridized carbons (Fsp3) is 0.625. The fourth-order valence-corrected chi connectivity index (χ4v) is 5.09. The molecule has 1 aromatic heterocycles. The topological polar surface area (TPSA) is 39.3 Å². The van der Waals surface area contributed by atoms with Crippen LogP contribution < -0.4 is 0 Å². The summed E-state index contributed by atoms with van der Waals surface area (Å²) in [5, 5.41) is 1.17. The van der Waals surface area contributed by atoms with Crippen LogP contribution >= 0.6 is 0 Å². The minimum atomic E-state index is -0.183. The first-order valence-corrected chi connectivity index (χ1v) is 11.3. The Morgan fingerprint density at radius 2 is 1.86 bits per heavy atom. The molecule has 2 aliphatic heterocycles. The molecule has 5 heteroatoms. The lowest BCUT2D eigenvalue weighted by Gasteiger charge is -2.38. The molecule has 0 saturated carbocycles. The number of nitrogens with zero attached hydrogens (tertiary/aromatic N) is 2. The molecule has 158 valence electrons. The van der Waals surface area contributed by atoms with Gasteiger partial charge in [-0.15, -0.1) is 0 Å². The lowest BCUT2D eigenvalue weighted by Crippen LogP contribution is -2.43. The summed E-state index contributed by atoms with van der Waals surface area (Å²) in [5.74, 6) is 1.86. The number of amides is 1. The van der Waals surface area contributed by atoms with Gasteiger partial charge >= 0.3 is 0 Å². The molecule has 0 unspecified atom stereocenters. The van der Waals surface area contributed by atoms with Gasteiger partial charge in [0.05, 0.1) is 0 Å². The second kappa shape index (κ2) is 8.86. The van der Waals surface area contributed by atoms with Crippen LogP contribution in [0.5, 0.6) is 0 Å². The van der Waals surface area contributed by atoms with Crippen LogP contribution in [0.4, 0.5) is 4.39 Å². The number of hydrogen-bond donors (Lipinski definition) is 1. The molecule has 2 aromatic rings. The molecule has 2 saturated heterocycles. The van der Waals surface area contributed by atoms with Gasteiger partial charge in [0.15, 0.2) is 0 Å². The molecule has 1 amide bonds. The zero-order valence-corrected chi connectivity index (χ0v) is 17.8. The van der Waals surface area contributed by atoms with Crippen molar-refractivity contribution >= 4 is 16.8 Å². The van der Waals surface area contributed by atoms with Crippen molar-refractivity contribution in [2.75, 3.05) is 32.7 Å². The molecule has 0 radical (unpaired) electrons. The molecule has 2 fully saturated rings. The largest absolute Gasteiger partial charge is 0.361 e. The Bertz CT molecular complexity index is 830. The van der Waals surface area contributed by atoms with E-state index in [0.29, 0.717) is 30.1 Å². The van der Waals surface area contributed by atoms with Gasteiger partial charge in [-0.2, -0.15) is 0 Å². The van der Waals surface area contributed by atoms with Gasteiger partial charge in [-0.1, -0.05) is 13.8 Å². The van der Waals surface area contributed by atoms with E-state index in [1.54, 1.807) is 12.1 Å². The van der Waals surface area contributed by atoms with Crippen molar-refractivity contribution in [1.82, 2.24) is 14.8 Å². The molecule has 0 aliphatic carbocycles. The van der Waals surface area contributed by atoms with Crippen LogP contribution in [0.25, 0.3) is 10.9 Å². The molecule has 0 atom stereocenters. The second-order valence-electron chi connectivity index (χ2n) is 9.43. The van der Waals surface area contributed by atoms with E-state index in [9.17, 15) is 9.18 Å². The van der Waals surface area contributed by atoms with Crippen LogP contribution in [0.15, 0.2) is 24.4 Å². The molecule has 4 rings (SSSR count). The first-order chi connectivity index (χ1) is 14.0. The molecule has 0 bridgehead atoms. The van der Waals surface area contributed by atoms with E-state index in [1.165, 1.54) is 10.9 Å². The molecule has 1 aromatic carbocycles. The van der Waals surface area contributed by atoms with E-state index in [-0.39, 0.29) is 5.82 Å². The van der Waals surface area contributed by atoms with Gasteiger partial charge in [-0.25, -0.2) is 4.39 Å². The maximum absolute atomic E-state index is 13.4. The average Bonchev–Trinajstić information content (AvgIpc) is 3.11. The first-order valence-electron chi connectivity index (χ1n) is 11.3. The second-order valence-corrected chi connectivity index (χ2v) is 9.43. The summed E-state index contributed by atoms with van der Waals surface area (Å²) in [5.41, 5.74) is 2.25. The highest BCUT2D eigenvalue weighted by molar-refractivity contribution is 5.83. The predicted molar refractivity (Wildman–Crippen MR) is 115 cm³/mol. The molecule has 0 spiro atoms. The third kappa shape index (κ3) is 4.82. The maximum atomic E-state index is 13.4. The van der Waals surface area contributed by atoms with Crippen molar-refractivity contribution in [1.29, 1.82) is 0 Å². The van der Waals surface area contributed by atoms with Crippen molar-refractivity contribution in [2.45, 2.75) is 51.9 Å². The van der Waals surface area contributed by atoms with Gasteiger partial charge in [0, 0.05) is 43.2 Å². The van der Waals surface area contributed by atoms with Crippen LogP contribution in [0, 0.1) is 17.7 Å². The Balaban J connectivity index is 1.25. The number of fused-ring (bicyclic) bond motifs is 1. The third-order valence-electron chi connectivity index (χ3n) is 6.77. The van der Waals surface area contributed by atoms with Crippen LogP contribution in [0.3, 0.4) is 0 Å². The molecule has 3 heterocycles. The van der Waals surface area contributed by atoms with Crippen molar-refractivity contribution in [2.24, 2.45) is 11.8 Å². The molecule has 2 aliphatic rings. The van der Waals surface area contributed by atoms with Crippen LogP contribution in [0.2, 0.25) is 0 Å². The number of hydrogen-bond acceptors (Lipinski definition) is 2. The summed E-state index contributed by atoms with van der Waals surface area (Å²) >= 11 is 0. The standard InChI is InChI=1S/C24H34FN3O/c1-17(2)13-24(29)28-11-5-18(6-12-28)16-27-9-7-19(8-10-27)22-15-26-23-14-20(25)3-4-21(22)23/h3-4,14-15,17-19,26H,5-13,16H2,1-2H3. The van der Waals surface area contributed by atoms with Crippen molar-refractivity contribution in [3.05, 3.63) is 35.8 Å². The Hall–Kier alpha value is -1.88. The van der Waals surface area contributed by atoms with Gasteiger partial charge in [0.25, 0.3) is 0 Å². The zero-order valence-electron chi connectivity index (χ0n) is 17.8. The Labute approximate surface area is 173 Å². The average molecular weight is 400 g/mol. The quantitative estimate of drug-likeness (QED) is 0.787. The Kier molecular flexibility index (Phi) is 6.23. The molecule has 4 nitrogen and oxygen atoms in total. The van der Waals surface area contributed by atoms with E-state index >= 15 is 0 Å². The van der Waals surface area contributed by atoms with E-state index in [2.05, 4.69) is 34.8 Å². The smallest absolute Gasteiger partial charge is 0.222 e. The predicted octanol–water partition coefficient (Wildman–Crippen LogP) is 4.77. The lowest BCUT2D eigenvalue weighted by molar-refractivity contribution is -0.133. The highest BCUT2D eigenvalue weighted by Crippen LogP contribution is 2.34. The minimum absolute atomic E-state index is 0.183. The Morgan fingerprint density at radius 1 is 1.14 bits per heavy atom. The number of H-pyrrole nitrogens is 1.